The molecule has 0 aliphatic rings. The molecule has 6 rings (SSSR count). The molecule has 4 amide bonds. The van der Waals surface area contributed by atoms with E-state index < -0.39 is 5.91 Å². The number of benzene rings is 2. The van der Waals surface area contributed by atoms with E-state index in [4.69, 9.17) is 11.6 Å². The minimum atomic E-state index is -0.402. The summed E-state index contributed by atoms with van der Waals surface area (Å²) in [7, 11) is 0. The van der Waals surface area contributed by atoms with Crippen LogP contribution in [0.1, 0.15) is 54.8 Å². The molecule has 2 aromatic carbocycles. The van der Waals surface area contributed by atoms with E-state index in [0.29, 0.717) is 72.4 Å². The number of aromatic amines is 2. The summed E-state index contributed by atoms with van der Waals surface area (Å²) in [5, 5.41) is 34.7. The average Bonchev–Trinajstić information content (AvgIpc) is 3.90. The number of rotatable bonds is 15. The van der Waals surface area contributed by atoms with Gasteiger partial charge in [0.15, 0.2) is 0 Å². The Morgan fingerprint density at radius 2 is 1.07 bits per heavy atom. The number of hydrogen-bond donors (Lipinski definition) is 7. The van der Waals surface area contributed by atoms with Crippen LogP contribution in [0.3, 0.4) is 0 Å². The number of carbonyl (C=O) groups is 4. The predicted octanol–water partition coefficient (Wildman–Crippen LogP) is 4.38. The predicted molar refractivity (Wildman–Crippen MR) is 201 cm³/mol. The maximum Gasteiger partial charge on any atom is 0.269 e. The Balaban J connectivity index is 0.941. The van der Waals surface area contributed by atoms with Gasteiger partial charge in [-0.15, -0.1) is 0 Å². The summed E-state index contributed by atoms with van der Waals surface area (Å²) in [6, 6.07) is 26.1. The van der Waals surface area contributed by atoms with Crippen LogP contribution in [0.2, 0.25) is 5.02 Å². The number of nitrogens with one attached hydrogen (secondary N) is 6. The number of pyridine rings is 2. The number of amides is 4. The standard InChI is InChI=1S/C38H35ClN10O5/c39-26-18-29(45-32(19-26)36(52)41-15-5-17-43-37(53)33-20-30(46-48-33)23-6-2-1-3-7-23)24-8-10-25(11-9-24)31-21-34(49-47-31)38(54)42-16-4-14-40-35(51)28-13-12-27(50)22-44-28/h1-3,6-13,18-22,50H,4-5,14-17H2,(H,40,51)(H,41,52)(H,42,54)(H,43,53)(H,46,48)(H,47,49). The maximum atomic E-state index is 12.9. The first-order chi connectivity index (χ1) is 26.2. The monoisotopic (exact) mass is 746 g/mol. The zero-order valence-electron chi connectivity index (χ0n) is 28.7. The van der Waals surface area contributed by atoms with Crippen LogP contribution in [-0.2, 0) is 0 Å². The molecule has 54 heavy (non-hydrogen) atoms. The van der Waals surface area contributed by atoms with Crippen molar-refractivity contribution in [3.63, 3.8) is 0 Å². The van der Waals surface area contributed by atoms with Crippen LogP contribution in [0.15, 0.2) is 97.2 Å². The topological polar surface area (TPSA) is 220 Å². The smallest absolute Gasteiger partial charge is 0.269 e. The van der Waals surface area contributed by atoms with Crippen molar-refractivity contribution in [2.24, 2.45) is 0 Å². The molecule has 6 aromatic rings. The first-order valence-corrected chi connectivity index (χ1v) is 17.3. The van der Waals surface area contributed by atoms with Gasteiger partial charge in [0.05, 0.1) is 23.3 Å². The van der Waals surface area contributed by atoms with Gasteiger partial charge in [-0.1, -0.05) is 66.2 Å². The van der Waals surface area contributed by atoms with Crippen molar-refractivity contribution >= 4 is 35.2 Å². The van der Waals surface area contributed by atoms with E-state index in [2.05, 4.69) is 51.6 Å². The summed E-state index contributed by atoms with van der Waals surface area (Å²) in [5.74, 6) is -1.44. The number of hydrogen-bond acceptors (Lipinski definition) is 9. The molecule has 16 heteroatoms. The van der Waals surface area contributed by atoms with Crippen LogP contribution in [0.5, 0.6) is 5.75 Å². The fraction of sp³-hybridized carbons (Fsp3) is 0.158. The third-order valence-corrected chi connectivity index (χ3v) is 8.26. The van der Waals surface area contributed by atoms with Crippen molar-refractivity contribution in [1.82, 2.24) is 51.6 Å². The number of aromatic hydroxyl groups is 1. The zero-order valence-corrected chi connectivity index (χ0v) is 29.5. The molecule has 0 radical (unpaired) electrons. The summed E-state index contributed by atoms with van der Waals surface area (Å²) in [4.78, 5) is 58.6. The normalized spacial score (nSPS) is 10.8. The maximum absolute atomic E-state index is 12.9. The highest BCUT2D eigenvalue weighted by Crippen LogP contribution is 2.26. The fourth-order valence-electron chi connectivity index (χ4n) is 5.23. The summed E-state index contributed by atoms with van der Waals surface area (Å²) in [6.07, 6.45) is 2.17. The van der Waals surface area contributed by atoms with E-state index in [1.54, 1.807) is 18.2 Å². The van der Waals surface area contributed by atoms with Gasteiger partial charge in [0.1, 0.15) is 28.5 Å². The number of carbonyl (C=O) groups excluding carboxylic acids is 4. The molecule has 0 aliphatic heterocycles. The molecule has 7 N–H and O–H groups in total. The van der Waals surface area contributed by atoms with Crippen LogP contribution in [-0.4, -0.2) is 85.3 Å². The Hall–Kier alpha value is -6.87. The van der Waals surface area contributed by atoms with E-state index in [0.717, 1.165) is 11.1 Å². The second-order valence-electron chi connectivity index (χ2n) is 12.0. The molecule has 0 aliphatic carbocycles. The molecular formula is C38H35ClN10O5. The van der Waals surface area contributed by atoms with Gasteiger partial charge in [0, 0.05) is 47.9 Å². The molecule has 0 saturated heterocycles. The molecule has 4 aromatic heterocycles. The van der Waals surface area contributed by atoms with Crippen molar-refractivity contribution < 1.29 is 24.3 Å². The summed E-state index contributed by atoms with van der Waals surface area (Å²) >= 11 is 6.36. The first kappa shape index (κ1) is 36.9. The molecule has 4 heterocycles. The Kier molecular flexibility index (Phi) is 12.0. The van der Waals surface area contributed by atoms with Crippen molar-refractivity contribution in [3.05, 3.63) is 125 Å². The van der Waals surface area contributed by atoms with Crippen LogP contribution >= 0.6 is 11.6 Å². The number of halogens is 1. The van der Waals surface area contributed by atoms with E-state index in [1.807, 2.05) is 54.6 Å². The molecule has 0 atom stereocenters. The zero-order chi connectivity index (χ0) is 37.9. The van der Waals surface area contributed by atoms with Crippen molar-refractivity contribution in [1.29, 1.82) is 0 Å². The SMILES string of the molecule is O=C(NCCCNC(=O)c1cc(-c2ccc(-c3cc(Cl)cc(C(=O)NCCCNC(=O)c4cc(-c5ccccc5)n[nH]4)n3)cc2)n[nH]1)c1ccc(O)cn1. The Morgan fingerprint density at radius 1 is 0.574 bits per heavy atom. The minimum absolute atomic E-state index is 0.0281. The third kappa shape index (κ3) is 9.71. The van der Waals surface area contributed by atoms with Gasteiger partial charge in [0.2, 0.25) is 0 Å². The third-order valence-electron chi connectivity index (χ3n) is 8.04. The molecule has 274 valence electrons. The highest BCUT2D eigenvalue weighted by atomic mass is 35.5. The molecule has 15 nitrogen and oxygen atoms in total. The highest BCUT2D eigenvalue weighted by molar-refractivity contribution is 6.31. The van der Waals surface area contributed by atoms with Crippen LogP contribution in [0.25, 0.3) is 33.8 Å². The lowest BCUT2D eigenvalue weighted by Crippen LogP contribution is -2.30. The largest absolute Gasteiger partial charge is 0.506 e. The molecule has 0 unspecified atom stereocenters. The first-order valence-electron chi connectivity index (χ1n) is 17.0. The van der Waals surface area contributed by atoms with Crippen molar-refractivity contribution in [3.8, 4) is 39.5 Å². The van der Waals surface area contributed by atoms with Crippen LogP contribution < -0.4 is 21.3 Å². The molecule has 0 fully saturated rings. The second-order valence-corrected chi connectivity index (χ2v) is 12.4. The molecular weight excluding hydrogens is 712 g/mol. The van der Waals surface area contributed by atoms with Gasteiger partial charge >= 0.3 is 0 Å². The van der Waals surface area contributed by atoms with Gasteiger partial charge in [-0.25, -0.2) is 9.97 Å². The van der Waals surface area contributed by atoms with Gasteiger partial charge in [-0.05, 0) is 49.2 Å². The number of aromatic nitrogens is 6. The van der Waals surface area contributed by atoms with E-state index in [-0.39, 0.29) is 40.6 Å². The van der Waals surface area contributed by atoms with E-state index in [1.165, 1.54) is 24.4 Å². The molecule has 0 spiro atoms. The van der Waals surface area contributed by atoms with Crippen LogP contribution in [0, 0.1) is 0 Å². The number of nitrogens with zero attached hydrogens (tertiary/aromatic N) is 4. The quantitative estimate of drug-likeness (QED) is 0.0741. The average molecular weight is 747 g/mol. The van der Waals surface area contributed by atoms with E-state index in [9.17, 15) is 24.3 Å². The lowest BCUT2D eigenvalue weighted by atomic mass is 10.1. The minimum Gasteiger partial charge on any atom is -0.506 e. The lowest BCUT2D eigenvalue weighted by Gasteiger charge is -2.09. The van der Waals surface area contributed by atoms with Gasteiger partial charge in [0.25, 0.3) is 23.6 Å². The summed E-state index contributed by atoms with van der Waals surface area (Å²) in [5.41, 5.74) is 5.04. The number of H-pyrrole nitrogens is 2. The molecule has 0 saturated carbocycles. The van der Waals surface area contributed by atoms with Gasteiger partial charge < -0.3 is 26.4 Å². The molecule has 0 bridgehead atoms. The van der Waals surface area contributed by atoms with Gasteiger partial charge in [-0.3, -0.25) is 29.4 Å². The van der Waals surface area contributed by atoms with Crippen LogP contribution in [0.4, 0.5) is 0 Å². The summed E-state index contributed by atoms with van der Waals surface area (Å²) < 4.78 is 0. The van der Waals surface area contributed by atoms with Crippen molar-refractivity contribution in [2.45, 2.75) is 12.8 Å². The van der Waals surface area contributed by atoms with Crippen molar-refractivity contribution in [2.75, 3.05) is 26.2 Å². The lowest BCUT2D eigenvalue weighted by molar-refractivity contribution is 0.0930. The fourth-order valence-corrected chi connectivity index (χ4v) is 5.44. The Bertz CT molecular complexity index is 2240. The Morgan fingerprint density at radius 3 is 1.61 bits per heavy atom. The second kappa shape index (κ2) is 17.6. The van der Waals surface area contributed by atoms with E-state index >= 15 is 0 Å². The summed E-state index contributed by atoms with van der Waals surface area (Å²) in [6.45, 7) is 1.28. The van der Waals surface area contributed by atoms with Gasteiger partial charge in [-0.2, -0.15) is 10.2 Å². The highest BCUT2D eigenvalue weighted by Gasteiger charge is 2.15. The Labute approximate surface area is 314 Å².